The molecule has 7 nitrogen and oxygen atoms in total. The Balaban J connectivity index is 1.84. The van der Waals surface area contributed by atoms with E-state index in [9.17, 15) is 8.42 Å². The number of hydrogen-bond donors (Lipinski definition) is 0. The van der Waals surface area contributed by atoms with Crippen LogP contribution in [0, 0.1) is 6.92 Å². The molecule has 2 aromatic rings. The van der Waals surface area contributed by atoms with Crippen LogP contribution in [0.1, 0.15) is 37.2 Å². The molecule has 0 aliphatic carbocycles. The van der Waals surface area contributed by atoms with Crippen LogP contribution in [0.5, 0.6) is 0 Å². The summed E-state index contributed by atoms with van der Waals surface area (Å²) in [4.78, 5) is 4.24. The standard InChI is InChI=1S/C15H23N5O2S/c1-4-19-11-15(16-12(19)2)23(21,22)20-8-5-6-13(10-20)14-7-9-18(3)17-14/h7,9,11,13H,4-6,8,10H2,1-3H3. The van der Waals surface area contributed by atoms with Crippen LogP contribution >= 0.6 is 0 Å². The number of nitrogens with zero attached hydrogens (tertiary/aromatic N) is 5. The lowest BCUT2D eigenvalue weighted by molar-refractivity contribution is 0.311. The predicted molar refractivity (Wildman–Crippen MR) is 86.6 cm³/mol. The third-order valence-electron chi connectivity index (χ3n) is 4.44. The van der Waals surface area contributed by atoms with Crippen molar-refractivity contribution in [2.75, 3.05) is 13.1 Å². The van der Waals surface area contributed by atoms with Gasteiger partial charge in [-0.3, -0.25) is 4.68 Å². The van der Waals surface area contributed by atoms with Gasteiger partial charge in [0.1, 0.15) is 5.82 Å². The first-order valence-electron chi connectivity index (χ1n) is 7.95. The normalized spacial score (nSPS) is 20.0. The van der Waals surface area contributed by atoms with Gasteiger partial charge in [0.15, 0.2) is 5.03 Å². The third-order valence-corrected chi connectivity index (χ3v) is 6.17. The Morgan fingerprint density at radius 3 is 2.78 bits per heavy atom. The molecule has 0 amide bonds. The third kappa shape index (κ3) is 3.05. The smallest absolute Gasteiger partial charge is 0.262 e. The van der Waals surface area contributed by atoms with E-state index in [-0.39, 0.29) is 10.9 Å². The maximum Gasteiger partial charge on any atom is 0.262 e. The second-order valence-corrected chi connectivity index (χ2v) is 7.91. The molecule has 1 saturated heterocycles. The van der Waals surface area contributed by atoms with Gasteiger partial charge in [-0.05, 0) is 32.8 Å². The average Bonchev–Trinajstić information content (AvgIpc) is 3.13. The first kappa shape index (κ1) is 16.2. The molecule has 3 heterocycles. The van der Waals surface area contributed by atoms with Gasteiger partial charge in [-0.15, -0.1) is 0 Å². The van der Waals surface area contributed by atoms with E-state index in [1.54, 1.807) is 15.2 Å². The van der Waals surface area contributed by atoms with E-state index in [4.69, 9.17) is 0 Å². The van der Waals surface area contributed by atoms with Gasteiger partial charge in [0.2, 0.25) is 0 Å². The highest BCUT2D eigenvalue weighted by atomic mass is 32.2. The van der Waals surface area contributed by atoms with Crippen molar-refractivity contribution < 1.29 is 8.42 Å². The van der Waals surface area contributed by atoms with Gasteiger partial charge in [-0.1, -0.05) is 0 Å². The molecule has 1 atom stereocenters. The maximum atomic E-state index is 12.9. The van der Waals surface area contributed by atoms with E-state index in [2.05, 4.69) is 10.1 Å². The second kappa shape index (κ2) is 6.09. The highest BCUT2D eigenvalue weighted by Gasteiger charge is 2.33. The fourth-order valence-electron chi connectivity index (χ4n) is 3.11. The summed E-state index contributed by atoms with van der Waals surface area (Å²) in [5.41, 5.74) is 0.961. The molecule has 0 aromatic carbocycles. The zero-order valence-electron chi connectivity index (χ0n) is 13.8. The zero-order valence-corrected chi connectivity index (χ0v) is 14.6. The van der Waals surface area contributed by atoms with Gasteiger partial charge in [-0.25, -0.2) is 13.4 Å². The summed E-state index contributed by atoms with van der Waals surface area (Å²) >= 11 is 0. The lowest BCUT2D eigenvalue weighted by Gasteiger charge is -2.30. The van der Waals surface area contributed by atoms with Gasteiger partial charge < -0.3 is 4.57 Å². The first-order valence-corrected chi connectivity index (χ1v) is 9.39. The highest BCUT2D eigenvalue weighted by molar-refractivity contribution is 7.89. The topological polar surface area (TPSA) is 73.0 Å². The summed E-state index contributed by atoms with van der Waals surface area (Å²) in [6.45, 7) is 5.53. The lowest BCUT2D eigenvalue weighted by Crippen LogP contribution is -2.39. The average molecular weight is 337 g/mol. The SMILES string of the molecule is CCn1cc(S(=O)(=O)N2CCCC(c3ccn(C)n3)C2)nc1C. The Morgan fingerprint density at radius 2 is 2.17 bits per heavy atom. The van der Waals surface area contributed by atoms with Crippen LogP contribution in [0.25, 0.3) is 0 Å². The molecule has 1 fully saturated rings. The molecule has 126 valence electrons. The number of aromatic nitrogens is 4. The minimum absolute atomic E-state index is 0.147. The largest absolute Gasteiger partial charge is 0.334 e. The Hall–Kier alpha value is -1.67. The Kier molecular flexibility index (Phi) is 4.29. The number of hydrogen-bond acceptors (Lipinski definition) is 4. The van der Waals surface area contributed by atoms with Crippen molar-refractivity contribution in [3.05, 3.63) is 30.0 Å². The predicted octanol–water partition coefficient (Wildman–Crippen LogP) is 1.51. The molecule has 23 heavy (non-hydrogen) atoms. The number of sulfonamides is 1. The zero-order chi connectivity index (χ0) is 16.6. The van der Waals surface area contributed by atoms with Gasteiger partial charge in [0, 0.05) is 45.0 Å². The monoisotopic (exact) mass is 337 g/mol. The molecule has 8 heteroatoms. The Morgan fingerprint density at radius 1 is 1.39 bits per heavy atom. The van der Waals surface area contributed by atoms with Crippen LogP contribution in [0.4, 0.5) is 0 Å². The van der Waals surface area contributed by atoms with Crippen LogP contribution in [0.3, 0.4) is 0 Å². The fraction of sp³-hybridized carbons (Fsp3) is 0.600. The van der Waals surface area contributed by atoms with Crippen molar-refractivity contribution in [3.63, 3.8) is 0 Å². The maximum absolute atomic E-state index is 12.9. The second-order valence-electron chi connectivity index (χ2n) is 6.03. The van der Waals surface area contributed by atoms with Gasteiger partial charge >= 0.3 is 0 Å². The van der Waals surface area contributed by atoms with Gasteiger partial charge in [0.05, 0.1) is 5.69 Å². The Labute approximate surface area is 137 Å². The molecule has 0 N–H and O–H groups in total. The van der Waals surface area contributed by atoms with E-state index in [1.165, 1.54) is 0 Å². The summed E-state index contributed by atoms with van der Waals surface area (Å²) in [7, 11) is -1.67. The van der Waals surface area contributed by atoms with Crippen molar-refractivity contribution >= 4 is 10.0 Å². The van der Waals surface area contributed by atoms with E-state index < -0.39 is 10.0 Å². The van der Waals surface area contributed by atoms with E-state index in [0.717, 1.165) is 24.4 Å². The molecule has 1 aliphatic rings. The van der Waals surface area contributed by atoms with E-state index in [1.807, 2.05) is 37.7 Å². The minimum atomic E-state index is -3.54. The summed E-state index contributed by atoms with van der Waals surface area (Å²) in [5.74, 6) is 0.874. The first-order chi connectivity index (χ1) is 10.9. The van der Waals surface area contributed by atoms with Crippen LogP contribution in [-0.4, -0.2) is 45.1 Å². The summed E-state index contributed by atoms with van der Waals surface area (Å²) in [6.07, 6.45) is 5.34. The fourth-order valence-corrected chi connectivity index (χ4v) is 4.63. The van der Waals surface area contributed by atoms with Gasteiger partial charge in [-0.2, -0.15) is 9.40 Å². The summed E-state index contributed by atoms with van der Waals surface area (Å²) < 4.78 is 30.9. The van der Waals surface area contributed by atoms with E-state index >= 15 is 0 Å². The van der Waals surface area contributed by atoms with Crippen LogP contribution in [-0.2, 0) is 23.6 Å². The number of aryl methyl sites for hydroxylation is 3. The molecule has 1 aliphatic heterocycles. The molecule has 1 unspecified atom stereocenters. The number of imidazole rings is 1. The summed E-state index contributed by atoms with van der Waals surface area (Å²) in [6, 6.07) is 1.97. The van der Waals surface area contributed by atoms with E-state index in [0.29, 0.717) is 19.6 Å². The number of piperidine rings is 1. The van der Waals surface area contributed by atoms with Crippen molar-refractivity contribution in [1.29, 1.82) is 0 Å². The molecule has 0 spiro atoms. The van der Waals surface area contributed by atoms with Crippen LogP contribution in [0.15, 0.2) is 23.5 Å². The van der Waals surface area contributed by atoms with Crippen molar-refractivity contribution in [2.24, 2.45) is 7.05 Å². The molecule has 2 aromatic heterocycles. The molecular weight excluding hydrogens is 314 g/mol. The molecule has 0 saturated carbocycles. The molecular formula is C15H23N5O2S. The van der Waals surface area contributed by atoms with Gasteiger partial charge in [0.25, 0.3) is 10.0 Å². The molecule has 0 bridgehead atoms. The molecule has 3 rings (SSSR count). The Bertz CT molecular complexity index is 793. The van der Waals surface area contributed by atoms with Crippen molar-refractivity contribution in [2.45, 2.75) is 44.2 Å². The quantitative estimate of drug-likeness (QED) is 0.848. The van der Waals surface area contributed by atoms with Crippen molar-refractivity contribution in [1.82, 2.24) is 23.6 Å². The number of rotatable bonds is 4. The lowest BCUT2D eigenvalue weighted by atomic mass is 9.96. The minimum Gasteiger partial charge on any atom is -0.334 e. The highest BCUT2D eigenvalue weighted by Crippen LogP contribution is 2.29. The molecule has 0 radical (unpaired) electrons. The van der Waals surface area contributed by atoms with Crippen LogP contribution < -0.4 is 0 Å². The van der Waals surface area contributed by atoms with Crippen molar-refractivity contribution in [3.8, 4) is 0 Å². The van der Waals surface area contributed by atoms with Crippen LogP contribution in [0.2, 0.25) is 0 Å². The summed E-state index contributed by atoms with van der Waals surface area (Å²) in [5, 5.41) is 4.58.